The van der Waals surface area contributed by atoms with E-state index in [4.69, 9.17) is 4.74 Å². The molecule has 2 N–H and O–H groups in total. The van der Waals surface area contributed by atoms with E-state index in [2.05, 4.69) is 34.5 Å². The monoisotopic (exact) mass is 390 g/mol. The first-order valence-corrected chi connectivity index (χ1v) is 6.76. The minimum absolute atomic E-state index is 0. The first-order chi connectivity index (χ1) is 9.22. The average Bonchev–Trinajstić information content (AvgIpc) is 3.12. The minimum Gasteiger partial charge on any atom is -0.481 e. The molecule has 1 aromatic heterocycles. The lowest BCUT2D eigenvalue weighted by Crippen LogP contribution is -2.39. The molecule has 112 valence electrons. The third-order valence-corrected chi connectivity index (χ3v) is 3.20. The smallest absolute Gasteiger partial charge is 0.213 e. The molecule has 2 unspecified atom stereocenters. The molecule has 0 radical (unpaired) electrons. The van der Waals surface area contributed by atoms with Crippen molar-refractivity contribution in [1.29, 1.82) is 0 Å². The third-order valence-electron chi connectivity index (χ3n) is 3.20. The molecular weight excluding hydrogens is 367 g/mol. The van der Waals surface area contributed by atoms with Gasteiger partial charge in [-0.1, -0.05) is 6.92 Å². The molecule has 20 heavy (non-hydrogen) atoms. The van der Waals surface area contributed by atoms with Gasteiger partial charge in [-0.3, -0.25) is 0 Å². The number of hydrogen-bond donors (Lipinski definition) is 2. The van der Waals surface area contributed by atoms with Crippen molar-refractivity contribution in [1.82, 2.24) is 15.6 Å². The maximum Gasteiger partial charge on any atom is 0.213 e. The SMILES string of the molecule is CCNC(=NCc1ccnc(OC)c1)NC1CC1C.I. The van der Waals surface area contributed by atoms with Crippen LogP contribution in [0.15, 0.2) is 23.3 Å². The Balaban J connectivity index is 0.00000200. The molecule has 2 atom stereocenters. The number of hydrogen-bond acceptors (Lipinski definition) is 3. The molecule has 6 heteroatoms. The summed E-state index contributed by atoms with van der Waals surface area (Å²) in [6.07, 6.45) is 2.97. The van der Waals surface area contributed by atoms with Crippen molar-refractivity contribution >= 4 is 29.9 Å². The second-order valence-corrected chi connectivity index (χ2v) is 4.87. The van der Waals surface area contributed by atoms with E-state index in [0.717, 1.165) is 24.0 Å². The molecule has 1 heterocycles. The van der Waals surface area contributed by atoms with Gasteiger partial charge < -0.3 is 15.4 Å². The molecule has 0 amide bonds. The lowest BCUT2D eigenvalue weighted by molar-refractivity contribution is 0.397. The molecule has 0 spiro atoms. The number of pyridine rings is 1. The Hall–Kier alpha value is -1.05. The van der Waals surface area contributed by atoms with Crippen LogP contribution in [-0.2, 0) is 6.54 Å². The van der Waals surface area contributed by atoms with Crippen LogP contribution < -0.4 is 15.4 Å². The summed E-state index contributed by atoms with van der Waals surface area (Å²) in [5.74, 6) is 2.26. The predicted octanol–water partition coefficient (Wildman–Crippen LogP) is 2.17. The van der Waals surface area contributed by atoms with Gasteiger partial charge >= 0.3 is 0 Å². The number of halogens is 1. The zero-order chi connectivity index (χ0) is 13.7. The number of methoxy groups -OCH3 is 1. The topological polar surface area (TPSA) is 58.5 Å². The minimum atomic E-state index is 0. The third kappa shape index (κ3) is 5.15. The van der Waals surface area contributed by atoms with Crippen LogP contribution in [0.4, 0.5) is 0 Å². The number of aliphatic imine (C=N–C) groups is 1. The van der Waals surface area contributed by atoms with E-state index < -0.39 is 0 Å². The molecule has 1 aliphatic carbocycles. The van der Waals surface area contributed by atoms with Crippen LogP contribution in [0.5, 0.6) is 5.88 Å². The Bertz CT molecular complexity index is 453. The molecule has 0 bridgehead atoms. The zero-order valence-electron chi connectivity index (χ0n) is 12.2. The Morgan fingerprint density at radius 2 is 2.30 bits per heavy atom. The van der Waals surface area contributed by atoms with Gasteiger partial charge in [0.2, 0.25) is 5.88 Å². The van der Waals surface area contributed by atoms with E-state index in [9.17, 15) is 0 Å². The Labute approximate surface area is 137 Å². The van der Waals surface area contributed by atoms with Crippen LogP contribution in [-0.4, -0.2) is 30.6 Å². The summed E-state index contributed by atoms with van der Waals surface area (Å²) in [5.41, 5.74) is 1.09. The van der Waals surface area contributed by atoms with E-state index in [0.29, 0.717) is 18.5 Å². The molecule has 0 aromatic carbocycles. The molecule has 1 aromatic rings. The van der Waals surface area contributed by atoms with Crippen molar-refractivity contribution in [3.8, 4) is 5.88 Å². The van der Waals surface area contributed by atoms with Crippen molar-refractivity contribution in [3.63, 3.8) is 0 Å². The fourth-order valence-corrected chi connectivity index (χ4v) is 1.85. The van der Waals surface area contributed by atoms with Crippen molar-refractivity contribution < 1.29 is 4.74 Å². The number of rotatable bonds is 5. The highest BCUT2D eigenvalue weighted by atomic mass is 127. The summed E-state index contributed by atoms with van der Waals surface area (Å²) >= 11 is 0. The van der Waals surface area contributed by atoms with E-state index >= 15 is 0 Å². The number of nitrogens with zero attached hydrogens (tertiary/aromatic N) is 2. The number of nitrogens with one attached hydrogen (secondary N) is 2. The van der Waals surface area contributed by atoms with Crippen LogP contribution in [0.3, 0.4) is 0 Å². The lowest BCUT2D eigenvalue weighted by atomic mass is 10.3. The summed E-state index contributed by atoms with van der Waals surface area (Å²) in [6.45, 7) is 5.81. The number of ether oxygens (including phenoxy) is 1. The van der Waals surface area contributed by atoms with E-state index in [-0.39, 0.29) is 24.0 Å². The van der Waals surface area contributed by atoms with Gasteiger partial charge in [-0.15, -0.1) is 24.0 Å². The fourth-order valence-electron chi connectivity index (χ4n) is 1.85. The van der Waals surface area contributed by atoms with Gasteiger partial charge in [0.05, 0.1) is 13.7 Å². The molecule has 2 rings (SSSR count). The largest absolute Gasteiger partial charge is 0.481 e. The number of guanidine groups is 1. The molecule has 5 nitrogen and oxygen atoms in total. The van der Waals surface area contributed by atoms with Gasteiger partial charge in [0.15, 0.2) is 5.96 Å². The predicted molar refractivity (Wildman–Crippen MR) is 91.7 cm³/mol. The highest BCUT2D eigenvalue weighted by molar-refractivity contribution is 14.0. The Morgan fingerprint density at radius 3 is 2.90 bits per heavy atom. The van der Waals surface area contributed by atoms with Gasteiger partial charge in [0, 0.05) is 24.8 Å². The second-order valence-electron chi connectivity index (χ2n) is 4.87. The van der Waals surface area contributed by atoms with Crippen LogP contribution in [0.25, 0.3) is 0 Å². The molecule has 0 aliphatic heterocycles. The van der Waals surface area contributed by atoms with E-state index in [1.54, 1.807) is 13.3 Å². The highest BCUT2D eigenvalue weighted by Crippen LogP contribution is 2.28. The van der Waals surface area contributed by atoms with Crippen LogP contribution >= 0.6 is 24.0 Å². The van der Waals surface area contributed by atoms with Gasteiger partial charge in [-0.05, 0) is 30.9 Å². The van der Waals surface area contributed by atoms with E-state index in [1.165, 1.54) is 6.42 Å². The fraction of sp³-hybridized carbons (Fsp3) is 0.571. The summed E-state index contributed by atoms with van der Waals surface area (Å²) in [6, 6.07) is 4.44. The van der Waals surface area contributed by atoms with Gasteiger partial charge in [0.25, 0.3) is 0 Å². The van der Waals surface area contributed by atoms with Crippen molar-refractivity contribution in [3.05, 3.63) is 23.9 Å². The van der Waals surface area contributed by atoms with Gasteiger partial charge in [0.1, 0.15) is 0 Å². The van der Waals surface area contributed by atoms with Crippen molar-refractivity contribution in [2.75, 3.05) is 13.7 Å². The maximum absolute atomic E-state index is 5.11. The molecule has 0 saturated heterocycles. The zero-order valence-corrected chi connectivity index (χ0v) is 14.5. The molecule has 1 aliphatic rings. The normalized spacial score (nSPS) is 20.9. The maximum atomic E-state index is 5.11. The first-order valence-electron chi connectivity index (χ1n) is 6.76. The molecule has 1 saturated carbocycles. The van der Waals surface area contributed by atoms with Gasteiger partial charge in [-0.25, -0.2) is 9.98 Å². The van der Waals surface area contributed by atoms with Crippen LogP contribution in [0.2, 0.25) is 0 Å². The first kappa shape index (κ1) is 17.0. The van der Waals surface area contributed by atoms with Gasteiger partial charge in [-0.2, -0.15) is 0 Å². The Kier molecular flexibility index (Phi) is 7.04. The van der Waals surface area contributed by atoms with Crippen molar-refractivity contribution in [2.45, 2.75) is 32.9 Å². The second kappa shape index (κ2) is 8.28. The highest BCUT2D eigenvalue weighted by Gasteiger charge is 2.33. The average molecular weight is 390 g/mol. The van der Waals surface area contributed by atoms with Crippen LogP contribution in [0.1, 0.15) is 25.8 Å². The summed E-state index contributed by atoms with van der Waals surface area (Å²) in [4.78, 5) is 8.67. The quantitative estimate of drug-likeness (QED) is 0.460. The molecular formula is C14H23IN4O. The molecule has 1 fully saturated rings. The van der Waals surface area contributed by atoms with Crippen LogP contribution in [0, 0.1) is 5.92 Å². The number of aromatic nitrogens is 1. The summed E-state index contributed by atoms with van der Waals surface area (Å²) in [7, 11) is 1.62. The van der Waals surface area contributed by atoms with E-state index in [1.807, 2.05) is 12.1 Å². The Morgan fingerprint density at radius 1 is 1.55 bits per heavy atom. The standard InChI is InChI=1S/C14H22N4O.HI/c1-4-15-14(18-12-7-10(12)2)17-9-11-5-6-16-13(8-11)19-3;/h5-6,8,10,12H,4,7,9H2,1-3H3,(H2,15,17,18);1H. The summed E-state index contributed by atoms with van der Waals surface area (Å²) in [5, 5.41) is 6.70. The lowest BCUT2D eigenvalue weighted by Gasteiger charge is -2.10. The summed E-state index contributed by atoms with van der Waals surface area (Å²) < 4.78 is 5.11. The van der Waals surface area contributed by atoms with Crippen molar-refractivity contribution in [2.24, 2.45) is 10.9 Å².